The summed E-state index contributed by atoms with van der Waals surface area (Å²) in [6.07, 6.45) is 16.1. The fraction of sp³-hybridized carbons (Fsp3) is 1.00. The maximum atomic E-state index is 10.8. The lowest BCUT2D eigenvalue weighted by Crippen LogP contribution is -2.57. The molecule has 32 heavy (non-hydrogen) atoms. The van der Waals surface area contributed by atoms with E-state index in [4.69, 9.17) is 0 Å². The topological polar surface area (TPSA) is 40.5 Å². The Bertz CT molecular complexity index is 730. The fourth-order valence-corrected chi connectivity index (χ4v) is 11.4. The second kappa shape index (κ2) is 7.46. The predicted octanol–water partition coefficient (Wildman–Crippen LogP) is 7.22. The summed E-state index contributed by atoms with van der Waals surface area (Å²) in [6.45, 7) is 15.3. The molecule has 0 radical (unpaired) electrons. The molecule has 2 heteroatoms. The summed E-state index contributed by atoms with van der Waals surface area (Å²) < 4.78 is 0. The van der Waals surface area contributed by atoms with E-state index in [0.717, 1.165) is 30.1 Å². The van der Waals surface area contributed by atoms with E-state index in [0.29, 0.717) is 34.2 Å². The van der Waals surface area contributed by atoms with Gasteiger partial charge in [0.05, 0.1) is 6.10 Å². The monoisotopic (exact) mass is 444 g/mol. The van der Waals surface area contributed by atoms with E-state index in [1.54, 1.807) is 0 Å². The molecule has 0 aromatic heterocycles. The van der Waals surface area contributed by atoms with Gasteiger partial charge in [0.2, 0.25) is 0 Å². The van der Waals surface area contributed by atoms with Crippen LogP contribution in [0.15, 0.2) is 0 Å². The second-order valence-electron chi connectivity index (χ2n) is 14.7. The molecule has 0 unspecified atom stereocenters. The Morgan fingerprint density at radius 2 is 1.47 bits per heavy atom. The molecule has 5 aliphatic carbocycles. The van der Waals surface area contributed by atoms with Crippen LogP contribution < -0.4 is 0 Å². The summed E-state index contributed by atoms with van der Waals surface area (Å²) in [6, 6.07) is 0. The molecule has 5 aliphatic rings. The molecule has 0 aromatic rings. The maximum absolute atomic E-state index is 10.8. The van der Waals surface area contributed by atoms with Gasteiger partial charge in [0.15, 0.2) is 0 Å². The Balaban J connectivity index is 1.36. The summed E-state index contributed by atoms with van der Waals surface area (Å²) in [5.74, 6) is 3.82. The van der Waals surface area contributed by atoms with Gasteiger partial charge in [-0.1, -0.05) is 54.4 Å². The van der Waals surface area contributed by atoms with Crippen molar-refractivity contribution in [3.8, 4) is 0 Å². The Morgan fingerprint density at radius 3 is 2.19 bits per heavy atom. The molecule has 5 rings (SSSR count). The lowest BCUT2D eigenvalue weighted by molar-refractivity contribution is -0.161. The van der Waals surface area contributed by atoms with E-state index >= 15 is 0 Å². The average Bonchev–Trinajstić information content (AvgIpc) is 3.33. The van der Waals surface area contributed by atoms with Gasteiger partial charge in [0, 0.05) is 6.61 Å². The molecule has 2 nitrogen and oxygen atoms in total. The third-order valence-electron chi connectivity index (χ3n) is 13.5. The van der Waals surface area contributed by atoms with Gasteiger partial charge in [-0.25, -0.2) is 0 Å². The largest absolute Gasteiger partial charge is 0.396 e. The standard InChI is InChI=1S/C30H52O2/c1-20(18-31)8-7-9-21(2)22-12-14-28(6)24-11-10-23-26(3,4)25(32)13-15-29(23)19-30(24,29)17-16-27(22,28)5/h20-25,31-32H,7-19H2,1-6H3/t20-,21+,22+,23-,24-,25-,27+,28-,29+,30-/m0/s1. The highest BCUT2D eigenvalue weighted by molar-refractivity contribution is 5.30. The lowest BCUT2D eigenvalue weighted by Gasteiger charge is -2.63. The highest BCUT2D eigenvalue weighted by atomic mass is 16.3. The van der Waals surface area contributed by atoms with Gasteiger partial charge in [-0.2, -0.15) is 0 Å². The van der Waals surface area contributed by atoms with E-state index in [9.17, 15) is 10.2 Å². The number of hydrogen-bond donors (Lipinski definition) is 2. The van der Waals surface area contributed by atoms with Crippen LogP contribution in [-0.2, 0) is 0 Å². The lowest BCUT2D eigenvalue weighted by atomic mass is 9.41. The molecule has 184 valence electrons. The van der Waals surface area contributed by atoms with Gasteiger partial charge in [-0.15, -0.1) is 0 Å². The Morgan fingerprint density at radius 1 is 0.781 bits per heavy atom. The average molecular weight is 445 g/mol. The molecule has 0 aromatic carbocycles. The third-order valence-corrected chi connectivity index (χ3v) is 13.5. The number of hydrogen-bond acceptors (Lipinski definition) is 2. The number of aliphatic hydroxyl groups excluding tert-OH is 2. The molecule has 10 atom stereocenters. The Kier molecular flexibility index (Phi) is 5.51. The predicted molar refractivity (Wildman–Crippen MR) is 132 cm³/mol. The highest BCUT2D eigenvalue weighted by Gasteiger charge is 2.82. The quantitative estimate of drug-likeness (QED) is 0.454. The molecule has 2 spiro atoms. The van der Waals surface area contributed by atoms with Crippen LogP contribution in [0.4, 0.5) is 0 Å². The van der Waals surface area contributed by atoms with Crippen LogP contribution in [0.25, 0.3) is 0 Å². The molecule has 0 saturated heterocycles. The normalized spacial score (nSPS) is 52.9. The molecule has 0 heterocycles. The van der Waals surface area contributed by atoms with Crippen LogP contribution in [0.1, 0.15) is 119 Å². The van der Waals surface area contributed by atoms with Gasteiger partial charge < -0.3 is 10.2 Å². The van der Waals surface area contributed by atoms with Crippen molar-refractivity contribution in [2.75, 3.05) is 6.61 Å². The van der Waals surface area contributed by atoms with Crippen LogP contribution in [0.3, 0.4) is 0 Å². The maximum Gasteiger partial charge on any atom is 0.0594 e. The van der Waals surface area contributed by atoms with E-state index < -0.39 is 0 Å². The first-order valence-corrected chi connectivity index (χ1v) is 14.3. The van der Waals surface area contributed by atoms with Gasteiger partial charge in [-0.05, 0) is 121 Å². The van der Waals surface area contributed by atoms with Crippen LogP contribution in [0.5, 0.6) is 0 Å². The summed E-state index contributed by atoms with van der Waals surface area (Å²) in [5.41, 5.74) is 2.29. The van der Waals surface area contributed by atoms with Crippen molar-refractivity contribution in [2.45, 2.75) is 125 Å². The zero-order valence-electron chi connectivity index (χ0n) is 22.1. The van der Waals surface area contributed by atoms with Crippen LogP contribution >= 0.6 is 0 Å². The Hall–Kier alpha value is -0.0800. The third kappa shape index (κ3) is 2.84. The minimum absolute atomic E-state index is 0.0953. The van der Waals surface area contributed by atoms with Crippen molar-refractivity contribution in [1.29, 1.82) is 0 Å². The van der Waals surface area contributed by atoms with E-state index in [2.05, 4.69) is 41.5 Å². The van der Waals surface area contributed by atoms with Crippen LogP contribution in [-0.4, -0.2) is 22.9 Å². The first-order chi connectivity index (χ1) is 15.0. The van der Waals surface area contributed by atoms with E-state index in [1.807, 2.05) is 0 Å². The van der Waals surface area contributed by atoms with Crippen LogP contribution in [0, 0.1) is 56.7 Å². The molecular weight excluding hydrogens is 392 g/mol. The SMILES string of the molecule is C[C@H](CO)CCC[C@@H](C)[C@H]1CC[C@@]2(C)[C@@H]3CC[C@H]4C(C)(C)[C@@H](O)CC[C@@]45C[C@@]35CC[C@]12C. The van der Waals surface area contributed by atoms with E-state index in [-0.39, 0.29) is 11.5 Å². The van der Waals surface area contributed by atoms with E-state index in [1.165, 1.54) is 70.6 Å². The summed E-state index contributed by atoms with van der Waals surface area (Å²) in [5, 5.41) is 20.2. The molecule has 0 aliphatic heterocycles. The summed E-state index contributed by atoms with van der Waals surface area (Å²) >= 11 is 0. The second-order valence-corrected chi connectivity index (χ2v) is 14.7. The molecule has 2 N–H and O–H groups in total. The zero-order chi connectivity index (χ0) is 23.2. The summed E-state index contributed by atoms with van der Waals surface area (Å²) in [7, 11) is 0. The van der Waals surface area contributed by atoms with Gasteiger partial charge >= 0.3 is 0 Å². The first-order valence-electron chi connectivity index (χ1n) is 14.3. The van der Waals surface area contributed by atoms with Crippen molar-refractivity contribution in [1.82, 2.24) is 0 Å². The molecular formula is C30H52O2. The highest BCUT2D eigenvalue weighted by Crippen LogP contribution is 2.89. The summed E-state index contributed by atoms with van der Waals surface area (Å²) in [4.78, 5) is 0. The van der Waals surface area contributed by atoms with Gasteiger partial charge in [0.1, 0.15) is 0 Å². The van der Waals surface area contributed by atoms with Gasteiger partial charge in [0.25, 0.3) is 0 Å². The molecule has 5 fully saturated rings. The Labute approximate surface area is 198 Å². The number of rotatable bonds is 6. The first kappa shape index (κ1) is 23.7. The fourth-order valence-electron chi connectivity index (χ4n) is 11.4. The molecule has 0 amide bonds. The number of aliphatic hydroxyl groups is 2. The minimum atomic E-state index is -0.0953. The smallest absolute Gasteiger partial charge is 0.0594 e. The van der Waals surface area contributed by atoms with Crippen molar-refractivity contribution in [3.63, 3.8) is 0 Å². The minimum Gasteiger partial charge on any atom is -0.396 e. The zero-order valence-corrected chi connectivity index (χ0v) is 22.1. The van der Waals surface area contributed by atoms with Crippen molar-refractivity contribution >= 4 is 0 Å². The number of fused-ring (bicyclic) bond motifs is 2. The molecule has 0 bridgehead atoms. The molecule has 5 saturated carbocycles. The van der Waals surface area contributed by atoms with Crippen LogP contribution in [0.2, 0.25) is 0 Å². The van der Waals surface area contributed by atoms with Crippen molar-refractivity contribution in [2.24, 2.45) is 56.7 Å². The van der Waals surface area contributed by atoms with Gasteiger partial charge in [-0.3, -0.25) is 0 Å². The van der Waals surface area contributed by atoms with Crippen molar-refractivity contribution in [3.05, 3.63) is 0 Å². The van der Waals surface area contributed by atoms with Crippen molar-refractivity contribution < 1.29 is 10.2 Å².